The summed E-state index contributed by atoms with van der Waals surface area (Å²) < 4.78 is 24.7. The van der Waals surface area contributed by atoms with E-state index in [0.29, 0.717) is 6.42 Å². The van der Waals surface area contributed by atoms with E-state index in [-0.39, 0.29) is 65.5 Å². The van der Waals surface area contributed by atoms with Crippen LogP contribution in [0, 0.1) is 71.0 Å². The Morgan fingerprint density at radius 2 is 1.33 bits per heavy atom. The molecule has 0 bridgehead atoms. The van der Waals surface area contributed by atoms with E-state index in [1.165, 1.54) is 0 Å². The average molecular weight is 528 g/mol. The zero-order chi connectivity index (χ0) is 25.5. The Bertz CT molecular complexity index is 1110. The SMILES string of the molecule is CC#CC#CC#CC#CC#CC#CC(=O)OC[C@H](COP(=O)([O-])[O-])OC(=O)CCCCCCC.[Na+].[Na+]. The molecule has 0 unspecified atom stereocenters. The fourth-order valence-corrected chi connectivity index (χ4v) is 2.36. The third kappa shape index (κ3) is 28.6. The van der Waals surface area contributed by atoms with E-state index in [9.17, 15) is 23.9 Å². The molecule has 0 aliphatic carbocycles. The largest absolute Gasteiger partial charge is 1.00 e. The maximum Gasteiger partial charge on any atom is 1.00 e. The molecule has 0 aliphatic rings. The number of phosphoric ester groups is 1. The second-order valence-corrected chi connectivity index (χ2v) is 7.40. The standard InChI is InChI=1S/C25H25O8P.2Na/c1-3-5-7-9-10-11-12-13-14-16-17-19-24(26)31-21-23(22-32-34(28,29)30)33-25(27)20-18-15-8-6-4-2;;/h23H,4,6,8,15,18,20-22H2,1-2H3,(H2,28,29,30);;/q;2*+1/p-2/t23-;;/m1../s1. The summed E-state index contributed by atoms with van der Waals surface area (Å²) in [7, 11) is -5.30. The quantitative estimate of drug-likeness (QED) is 0.0615. The van der Waals surface area contributed by atoms with Gasteiger partial charge in [0.1, 0.15) is 6.61 Å². The molecule has 0 saturated carbocycles. The summed E-state index contributed by atoms with van der Waals surface area (Å²) in [6.07, 6.45) is 3.33. The second-order valence-electron chi connectivity index (χ2n) is 6.24. The van der Waals surface area contributed by atoms with Crippen LogP contribution in [0.4, 0.5) is 0 Å². The van der Waals surface area contributed by atoms with E-state index in [4.69, 9.17) is 9.47 Å². The number of phosphoric acid groups is 1. The Morgan fingerprint density at radius 3 is 1.86 bits per heavy atom. The van der Waals surface area contributed by atoms with Gasteiger partial charge in [0, 0.05) is 12.3 Å². The predicted molar refractivity (Wildman–Crippen MR) is 120 cm³/mol. The van der Waals surface area contributed by atoms with Crippen LogP contribution in [0.5, 0.6) is 0 Å². The molecule has 0 fully saturated rings. The van der Waals surface area contributed by atoms with Crippen LogP contribution in [0.1, 0.15) is 52.4 Å². The van der Waals surface area contributed by atoms with Crippen molar-refractivity contribution in [1.29, 1.82) is 0 Å². The molecule has 0 N–H and O–H groups in total. The normalized spacial score (nSPS) is 9.11. The van der Waals surface area contributed by atoms with Crippen LogP contribution in [0.15, 0.2) is 0 Å². The Kier molecular flexibility index (Phi) is 28.6. The van der Waals surface area contributed by atoms with Gasteiger partial charge in [-0.05, 0) is 72.5 Å². The van der Waals surface area contributed by atoms with Gasteiger partial charge in [-0.2, -0.15) is 0 Å². The molecule has 8 nitrogen and oxygen atoms in total. The number of rotatable bonds is 12. The minimum atomic E-state index is -5.30. The van der Waals surface area contributed by atoms with Crippen molar-refractivity contribution in [3.8, 4) is 71.0 Å². The smallest absolute Gasteiger partial charge is 0.790 e. The predicted octanol–water partition coefficient (Wildman–Crippen LogP) is -5.30. The summed E-state index contributed by atoms with van der Waals surface area (Å²) in [6, 6.07) is 0. The first-order chi connectivity index (χ1) is 16.3. The average Bonchev–Trinajstić information content (AvgIpc) is 2.78. The molecule has 0 aromatic heterocycles. The number of carbonyl (C=O) groups excluding carboxylic acids is 2. The number of hydrogen-bond donors (Lipinski definition) is 0. The molecule has 0 amide bonds. The fraction of sp³-hybridized carbons (Fsp3) is 0.440. The van der Waals surface area contributed by atoms with Gasteiger partial charge in [-0.25, -0.2) is 4.79 Å². The summed E-state index contributed by atoms with van der Waals surface area (Å²) in [5, 5.41) is 0. The van der Waals surface area contributed by atoms with Crippen molar-refractivity contribution in [2.45, 2.75) is 58.5 Å². The van der Waals surface area contributed by atoms with Gasteiger partial charge >= 0.3 is 71.1 Å². The number of esters is 2. The topological polar surface area (TPSA) is 125 Å². The molecule has 11 heteroatoms. The summed E-state index contributed by atoms with van der Waals surface area (Å²) in [4.78, 5) is 45.0. The summed E-state index contributed by atoms with van der Waals surface area (Å²) in [5.41, 5.74) is 0. The van der Waals surface area contributed by atoms with Crippen LogP contribution in [-0.4, -0.2) is 31.3 Å². The van der Waals surface area contributed by atoms with E-state index >= 15 is 0 Å². The summed E-state index contributed by atoms with van der Waals surface area (Å²) >= 11 is 0. The van der Waals surface area contributed by atoms with Crippen LogP contribution >= 0.6 is 7.82 Å². The van der Waals surface area contributed by atoms with Gasteiger partial charge < -0.3 is 28.3 Å². The Hall–Kier alpha value is -1.59. The first-order valence-corrected chi connectivity index (χ1v) is 11.7. The molecule has 0 aliphatic heterocycles. The number of unbranched alkanes of at least 4 members (excludes halogenated alkanes) is 4. The molecule has 0 saturated heterocycles. The first kappa shape index (κ1) is 38.9. The van der Waals surface area contributed by atoms with Crippen molar-refractivity contribution in [3.63, 3.8) is 0 Å². The minimum absolute atomic E-state index is 0. The van der Waals surface area contributed by atoms with E-state index in [1.54, 1.807) is 6.92 Å². The van der Waals surface area contributed by atoms with Crippen molar-refractivity contribution in [3.05, 3.63) is 0 Å². The molecule has 36 heavy (non-hydrogen) atoms. The van der Waals surface area contributed by atoms with Gasteiger partial charge in [-0.15, -0.1) is 0 Å². The van der Waals surface area contributed by atoms with Crippen molar-refractivity contribution in [1.82, 2.24) is 0 Å². The maximum absolute atomic E-state index is 11.9. The number of carbonyl (C=O) groups is 2. The molecule has 178 valence electrons. The van der Waals surface area contributed by atoms with Gasteiger partial charge in [-0.1, -0.05) is 38.5 Å². The monoisotopic (exact) mass is 528 g/mol. The number of ether oxygens (including phenoxy) is 2. The number of hydrogen-bond acceptors (Lipinski definition) is 8. The summed E-state index contributed by atoms with van der Waals surface area (Å²) in [6.45, 7) is 2.38. The van der Waals surface area contributed by atoms with Gasteiger partial charge in [0.05, 0.1) is 14.4 Å². The van der Waals surface area contributed by atoms with Crippen LogP contribution in [-0.2, 0) is 28.2 Å². The van der Waals surface area contributed by atoms with Crippen molar-refractivity contribution in [2.24, 2.45) is 0 Å². The molecule has 0 spiro atoms. The second kappa shape index (κ2) is 26.5. The van der Waals surface area contributed by atoms with E-state index in [2.05, 4.69) is 82.5 Å². The molecular weight excluding hydrogens is 505 g/mol. The molecule has 0 radical (unpaired) electrons. The van der Waals surface area contributed by atoms with E-state index in [0.717, 1.165) is 25.7 Å². The van der Waals surface area contributed by atoms with Crippen molar-refractivity contribution in [2.75, 3.05) is 13.2 Å². The van der Waals surface area contributed by atoms with Gasteiger partial charge in [0.15, 0.2) is 6.10 Å². The third-order valence-corrected chi connectivity index (χ3v) is 3.92. The summed E-state index contributed by atoms with van der Waals surface area (Å²) in [5.74, 6) is 26.9. The molecule has 0 rings (SSSR count). The molecule has 0 heterocycles. The molecule has 1 atom stereocenters. The Balaban J connectivity index is -0.00000544. The van der Waals surface area contributed by atoms with Crippen LogP contribution in [0.25, 0.3) is 0 Å². The molecule has 0 aromatic rings. The van der Waals surface area contributed by atoms with Crippen molar-refractivity contribution >= 4 is 19.8 Å². The minimum Gasteiger partial charge on any atom is -0.790 e. The van der Waals surface area contributed by atoms with Gasteiger partial charge in [-0.3, -0.25) is 4.79 Å². The van der Waals surface area contributed by atoms with Crippen LogP contribution < -0.4 is 68.9 Å². The van der Waals surface area contributed by atoms with Crippen LogP contribution in [0.2, 0.25) is 0 Å². The third-order valence-electron chi connectivity index (χ3n) is 3.45. The van der Waals surface area contributed by atoms with Crippen LogP contribution in [0.3, 0.4) is 0 Å². The zero-order valence-corrected chi connectivity index (χ0v) is 25.8. The Morgan fingerprint density at radius 1 is 0.806 bits per heavy atom. The Labute approximate surface area is 257 Å². The molecular formula is C25H23Na2O8P. The van der Waals surface area contributed by atoms with E-state index in [1.807, 2.05) is 0 Å². The maximum atomic E-state index is 11.9. The van der Waals surface area contributed by atoms with Crippen molar-refractivity contribution < 1.29 is 97.1 Å². The zero-order valence-electron chi connectivity index (χ0n) is 20.9. The molecule has 0 aromatic carbocycles. The fourth-order valence-electron chi connectivity index (χ4n) is 2.01. The first-order valence-electron chi connectivity index (χ1n) is 10.2. The van der Waals surface area contributed by atoms with Gasteiger partial charge in [0.2, 0.25) is 0 Å². The van der Waals surface area contributed by atoms with Gasteiger partial charge in [0.25, 0.3) is 0 Å². The van der Waals surface area contributed by atoms with E-state index < -0.39 is 39.1 Å².